The van der Waals surface area contributed by atoms with E-state index in [0.717, 1.165) is 58.7 Å². The molecule has 0 saturated heterocycles. The zero-order valence-corrected chi connectivity index (χ0v) is 20.0. The summed E-state index contributed by atoms with van der Waals surface area (Å²) in [7, 11) is 0. The molecule has 34 heavy (non-hydrogen) atoms. The molecular formula is C29H31N5. The van der Waals surface area contributed by atoms with E-state index in [4.69, 9.17) is 9.97 Å². The second-order valence-corrected chi connectivity index (χ2v) is 8.99. The molecule has 2 heterocycles. The van der Waals surface area contributed by atoms with Gasteiger partial charge in [-0.25, -0.2) is 14.6 Å². The number of fused-ring (bicyclic) bond motifs is 2. The molecule has 0 unspecified atom stereocenters. The highest BCUT2D eigenvalue weighted by Gasteiger charge is 2.16. The maximum atomic E-state index is 5.04. The Kier molecular flexibility index (Phi) is 6.26. The van der Waals surface area contributed by atoms with E-state index in [-0.39, 0.29) is 0 Å². The molecule has 0 spiro atoms. The summed E-state index contributed by atoms with van der Waals surface area (Å²) in [4.78, 5) is 9.90. The number of rotatable bonds is 9. The lowest BCUT2D eigenvalue weighted by molar-refractivity contribution is 0.632. The first-order valence-corrected chi connectivity index (χ1v) is 12.2. The summed E-state index contributed by atoms with van der Waals surface area (Å²) >= 11 is 0. The SMILES string of the molecule is C=Nn1c(-c2ccc3nc(CCCCCC)n(Cc4ccc(C)cc4)c3c2)nc2ccccc21. The van der Waals surface area contributed by atoms with E-state index in [0.29, 0.717) is 0 Å². The zero-order valence-electron chi connectivity index (χ0n) is 20.0. The van der Waals surface area contributed by atoms with Crippen LogP contribution in [0.1, 0.15) is 49.6 Å². The molecule has 0 aliphatic rings. The van der Waals surface area contributed by atoms with Crippen LogP contribution in [0.5, 0.6) is 0 Å². The van der Waals surface area contributed by atoms with Gasteiger partial charge in [-0.15, -0.1) is 0 Å². The third-order valence-electron chi connectivity index (χ3n) is 6.48. The lowest BCUT2D eigenvalue weighted by atomic mass is 10.1. The molecule has 0 aliphatic heterocycles. The number of unbranched alkanes of at least 4 members (excludes halogenated alkanes) is 3. The number of nitrogens with zero attached hydrogens (tertiary/aromatic N) is 5. The van der Waals surface area contributed by atoms with Crippen molar-refractivity contribution in [3.8, 4) is 11.4 Å². The quantitative estimate of drug-likeness (QED) is 0.180. The van der Waals surface area contributed by atoms with Crippen LogP contribution in [0.4, 0.5) is 0 Å². The van der Waals surface area contributed by atoms with Crippen molar-refractivity contribution in [3.05, 3.63) is 83.7 Å². The largest absolute Gasteiger partial charge is 0.323 e. The molecule has 0 atom stereocenters. The molecule has 0 fully saturated rings. The Bertz CT molecular complexity index is 1440. The summed E-state index contributed by atoms with van der Waals surface area (Å²) in [5.41, 5.74) is 7.59. The minimum absolute atomic E-state index is 0.797. The van der Waals surface area contributed by atoms with E-state index in [1.54, 1.807) is 0 Å². The Morgan fingerprint density at radius 2 is 1.65 bits per heavy atom. The van der Waals surface area contributed by atoms with Crippen LogP contribution in [0.2, 0.25) is 0 Å². The van der Waals surface area contributed by atoms with Gasteiger partial charge in [-0.2, -0.15) is 5.10 Å². The Morgan fingerprint density at radius 3 is 2.44 bits per heavy atom. The third kappa shape index (κ3) is 4.26. The van der Waals surface area contributed by atoms with Gasteiger partial charge in [0.2, 0.25) is 0 Å². The second kappa shape index (κ2) is 9.64. The number of para-hydroxylation sites is 2. The Labute approximate surface area is 200 Å². The van der Waals surface area contributed by atoms with Crippen LogP contribution in [-0.2, 0) is 13.0 Å². The standard InChI is InChI=1S/C29H31N5/c1-4-5-6-7-12-28-31-25-18-17-23(29-32-24-10-8-9-11-26(24)34(29)30-3)19-27(25)33(28)20-22-15-13-21(2)14-16-22/h8-11,13-19H,3-7,12,20H2,1-2H3. The van der Waals surface area contributed by atoms with Crippen LogP contribution >= 0.6 is 0 Å². The van der Waals surface area contributed by atoms with Crippen LogP contribution < -0.4 is 0 Å². The molecule has 5 heteroatoms. The predicted octanol–water partition coefficient (Wildman–Crippen LogP) is 7.00. The number of hydrogen-bond acceptors (Lipinski definition) is 3. The highest BCUT2D eigenvalue weighted by Crippen LogP contribution is 2.29. The van der Waals surface area contributed by atoms with Gasteiger partial charge in [0.15, 0.2) is 5.82 Å². The first-order valence-electron chi connectivity index (χ1n) is 12.2. The fourth-order valence-corrected chi connectivity index (χ4v) is 4.61. The highest BCUT2D eigenvalue weighted by molar-refractivity contribution is 5.85. The molecule has 0 bridgehead atoms. The Balaban J connectivity index is 1.60. The normalized spacial score (nSPS) is 11.5. The van der Waals surface area contributed by atoms with Crippen molar-refractivity contribution in [2.24, 2.45) is 5.10 Å². The summed E-state index contributed by atoms with van der Waals surface area (Å²) in [5.74, 6) is 1.95. The van der Waals surface area contributed by atoms with Crippen molar-refractivity contribution < 1.29 is 0 Å². The summed E-state index contributed by atoms with van der Waals surface area (Å²) < 4.78 is 4.20. The van der Waals surface area contributed by atoms with E-state index in [2.05, 4.69) is 72.7 Å². The maximum absolute atomic E-state index is 5.04. The molecule has 172 valence electrons. The van der Waals surface area contributed by atoms with Crippen LogP contribution in [-0.4, -0.2) is 25.9 Å². The van der Waals surface area contributed by atoms with E-state index in [1.807, 2.05) is 28.9 Å². The lowest BCUT2D eigenvalue weighted by Gasteiger charge is -2.11. The van der Waals surface area contributed by atoms with E-state index in [1.165, 1.54) is 30.4 Å². The average molecular weight is 450 g/mol. The van der Waals surface area contributed by atoms with Crippen molar-refractivity contribution in [2.45, 2.75) is 52.5 Å². The van der Waals surface area contributed by atoms with Crippen LogP contribution in [0.3, 0.4) is 0 Å². The summed E-state index contributed by atoms with van der Waals surface area (Å²) in [6.45, 7) is 8.97. The van der Waals surface area contributed by atoms with E-state index in [9.17, 15) is 0 Å². The molecule has 0 saturated carbocycles. The number of imidazole rings is 2. The molecule has 5 aromatic rings. The van der Waals surface area contributed by atoms with Gasteiger partial charge in [-0.3, -0.25) is 0 Å². The fourth-order valence-electron chi connectivity index (χ4n) is 4.61. The molecule has 0 amide bonds. The third-order valence-corrected chi connectivity index (χ3v) is 6.48. The molecule has 3 aromatic carbocycles. The summed E-state index contributed by atoms with van der Waals surface area (Å²) in [6.07, 6.45) is 5.90. The second-order valence-electron chi connectivity index (χ2n) is 8.99. The topological polar surface area (TPSA) is 48.0 Å². The van der Waals surface area contributed by atoms with Gasteiger partial charge in [0.25, 0.3) is 0 Å². The lowest BCUT2D eigenvalue weighted by Crippen LogP contribution is -2.06. The highest BCUT2D eigenvalue weighted by atomic mass is 15.4. The number of hydrogen-bond donors (Lipinski definition) is 0. The summed E-state index contributed by atoms with van der Waals surface area (Å²) in [5, 5.41) is 4.26. The van der Waals surface area contributed by atoms with Crippen LogP contribution in [0, 0.1) is 6.92 Å². The van der Waals surface area contributed by atoms with Gasteiger partial charge in [0.1, 0.15) is 5.82 Å². The first-order chi connectivity index (χ1) is 16.7. The van der Waals surface area contributed by atoms with Crippen molar-refractivity contribution in [3.63, 3.8) is 0 Å². The molecular weight excluding hydrogens is 418 g/mol. The first kappa shape index (κ1) is 22.1. The van der Waals surface area contributed by atoms with E-state index < -0.39 is 0 Å². The monoisotopic (exact) mass is 449 g/mol. The number of aryl methyl sites for hydroxylation is 2. The van der Waals surface area contributed by atoms with Gasteiger partial charge >= 0.3 is 0 Å². The minimum Gasteiger partial charge on any atom is -0.323 e. The van der Waals surface area contributed by atoms with Crippen LogP contribution in [0.25, 0.3) is 33.5 Å². The van der Waals surface area contributed by atoms with Gasteiger partial charge in [-0.1, -0.05) is 68.1 Å². The molecule has 5 rings (SSSR count). The molecule has 0 radical (unpaired) electrons. The zero-order chi connectivity index (χ0) is 23.5. The van der Waals surface area contributed by atoms with Crippen molar-refractivity contribution >= 4 is 28.8 Å². The van der Waals surface area contributed by atoms with Gasteiger partial charge < -0.3 is 4.57 Å². The average Bonchev–Trinajstić information content (AvgIpc) is 3.40. The smallest absolute Gasteiger partial charge is 0.162 e. The maximum Gasteiger partial charge on any atom is 0.162 e. The van der Waals surface area contributed by atoms with E-state index >= 15 is 0 Å². The Morgan fingerprint density at radius 1 is 0.853 bits per heavy atom. The van der Waals surface area contributed by atoms with Crippen molar-refractivity contribution in [1.29, 1.82) is 0 Å². The van der Waals surface area contributed by atoms with Gasteiger partial charge in [0.05, 0.1) is 22.1 Å². The van der Waals surface area contributed by atoms with Crippen molar-refractivity contribution in [1.82, 2.24) is 19.2 Å². The molecule has 5 nitrogen and oxygen atoms in total. The van der Waals surface area contributed by atoms with Crippen LogP contribution in [0.15, 0.2) is 71.8 Å². The van der Waals surface area contributed by atoms with Crippen molar-refractivity contribution in [2.75, 3.05) is 0 Å². The molecule has 0 N–H and O–H groups in total. The van der Waals surface area contributed by atoms with Gasteiger partial charge in [0, 0.05) is 25.2 Å². The fraction of sp³-hybridized carbons (Fsp3) is 0.276. The predicted molar refractivity (Wildman–Crippen MR) is 142 cm³/mol. The number of aromatic nitrogens is 4. The molecule has 0 aliphatic carbocycles. The minimum atomic E-state index is 0.797. The molecule has 2 aromatic heterocycles. The number of benzene rings is 3. The Hall–Kier alpha value is -3.73. The van der Waals surface area contributed by atoms with Gasteiger partial charge in [-0.05, 0) is 49.2 Å². The summed E-state index contributed by atoms with van der Waals surface area (Å²) in [6, 6.07) is 23.2.